The van der Waals surface area contributed by atoms with Crippen LogP contribution in [0.25, 0.3) is 0 Å². The summed E-state index contributed by atoms with van der Waals surface area (Å²) in [5.41, 5.74) is 3.91. The minimum Gasteiger partial charge on any atom is -0.310 e. The van der Waals surface area contributed by atoms with Crippen LogP contribution in [0.4, 0.5) is 0 Å². The van der Waals surface area contributed by atoms with E-state index >= 15 is 0 Å². The number of nitrogens with zero attached hydrogens (tertiary/aromatic N) is 2. The minimum atomic E-state index is 0.505. The van der Waals surface area contributed by atoms with Gasteiger partial charge in [-0.2, -0.15) is 5.10 Å². The fourth-order valence-electron chi connectivity index (χ4n) is 1.97. The summed E-state index contributed by atoms with van der Waals surface area (Å²) in [4.78, 5) is 0. The number of nitrogens with one attached hydrogen (secondary N) is 1. The summed E-state index contributed by atoms with van der Waals surface area (Å²) in [6.07, 6.45) is 5.14. The summed E-state index contributed by atoms with van der Waals surface area (Å²) in [7, 11) is 0. The van der Waals surface area contributed by atoms with E-state index in [1.807, 2.05) is 10.9 Å². The molecule has 3 nitrogen and oxygen atoms in total. The van der Waals surface area contributed by atoms with Crippen LogP contribution >= 0.6 is 0 Å². The van der Waals surface area contributed by atoms with Crippen molar-refractivity contribution >= 4 is 0 Å². The average molecular weight is 257 g/mol. The molecule has 102 valence electrons. The first-order chi connectivity index (χ1) is 9.17. The molecule has 1 aromatic carbocycles. The van der Waals surface area contributed by atoms with Crippen molar-refractivity contribution in [3.05, 3.63) is 53.3 Å². The van der Waals surface area contributed by atoms with E-state index in [4.69, 9.17) is 0 Å². The number of rotatable bonds is 6. The zero-order valence-corrected chi connectivity index (χ0v) is 12.1. The zero-order valence-electron chi connectivity index (χ0n) is 12.1. The molecule has 0 aliphatic heterocycles. The number of hydrogen-bond acceptors (Lipinski definition) is 2. The molecule has 0 atom stereocenters. The monoisotopic (exact) mass is 257 g/mol. The van der Waals surface area contributed by atoms with E-state index in [0.29, 0.717) is 6.04 Å². The highest BCUT2D eigenvalue weighted by Gasteiger charge is 2.01. The van der Waals surface area contributed by atoms with Gasteiger partial charge < -0.3 is 5.32 Å². The van der Waals surface area contributed by atoms with E-state index in [2.05, 4.69) is 61.6 Å². The standard InChI is InChI=1S/C16H23N3/c1-4-14-5-7-15(8-6-14)11-19-12-16(10-18-19)9-17-13(2)3/h5-8,10,12-13,17H,4,9,11H2,1-3H3. The Bertz CT molecular complexity index is 497. The van der Waals surface area contributed by atoms with Crippen molar-refractivity contribution in [3.63, 3.8) is 0 Å². The lowest BCUT2D eigenvalue weighted by atomic mass is 10.1. The van der Waals surface area contributed by atoms with Gasteiger partial charge in [-0.05, 0) is 17.5 Å². The Labute approximate surface area is 115 Å². The Kier molecular flexibility index (Phi) is 4.74. The first-order valence-electron chi connectivity index (χ1n) is 7.00. The van der Waals surface area contributed by atoms with Gasteiger partial charge >= 0.3 is 0 Å². The molecule has 0 bridgehead atoms. The van der Waals surface area contributed by atoms with E-state index in [1.54, 1.807) is 0 Å². The van der Waals surface area contributed by atoms with Gasteiger partial charge in [-0.1, -0.05) is 45.0 Å². The third-order valence-corrected chi connectivity index (χ3v) is 3.18. The van der Waals surface area contributed by atoms with Gasteiger partial charge in [0, 0.05) is 24.3 Å². The Hall–Kier alpha value is -1.61. The smallest absolute Gasteiger partial charge is 0.0659 e. The molecule has 1 aromatic heterocycles. The van der Waals surface area contributed by atoms with E-state index in [-0.39, 0.29) is 0 Å². The van der Waals surface area contributed by atoms with Crippen LogP contribution in [0.1, 0.15) is 37.5 Å². The van der Waals surface area contributed by atoms with Gasteiger partial charge in [0.05, 0.1) is 12.7 Å². The molecule has 2 rings (SSSR count). The van der Waals surface area contributed by atoms with Crippen molar-refractivity contribution in [1.82, 2.24) is 15.1 Å². The first kappa shape index (κ1) is 13.8. The number of benzene rings is 1. The molecule has 0 unspecified atom stereocenters. The predicted octanol–water partition coefficient (Wildman–Crippen LogP) is 2.99. The van der Waals surface area contributed by atoms with Gasteiger partial charge in [0.25, 0.3) is 0 Å². The molecular weight excluding hydrogens is 234 g/mol. The second kappa shape index (κ2) is 6.53. The molecule has 0 aliphatic rings. The van der Waals surface area contributed by atoms with Crippen LogP contribution in [0.3, 0.4) is 0 Å². The van der Waals surface area contributed by atoms with Crippen LogP contribution in [0, 0.1) is 0 Å². The lowest BCUT2D eigenvalue weighted by molar-refractivity contribution is 0.588. The molecule has 0 aliphatic carbocycles. The average Bonchev–Trinajstić information content (AvgIpc) is 2.85. The maximum Gasteiger partial charge on any atom is 0.0659 e. The maximum atomic E-state index is 4.41. The highest BCUT2D eigenvalue weighted by Crippen LogP contribution is 2.07. The fraction of sp³-hybridized carbons (Fsp3) is 0.438. The van der Waals surface area contributed by atoms with Crippen molar-refractivity contribution < 1.29 is 0 Å². The van der Waals surface area contributed by atoms with E-state index < -0.39 is 0 Å². The largest absolute Gasteiger partial charge is 0.310 e. The van der Waals surface area contributed by atoms with Gasteiger partial charge in [0.15, 0.2) is 0 Å². The third kappa shape index (κ3) is 4.21. The zero-order chi connectivity index (χ0) is 13.7. The molecule has 0 amide bonds. The minimum absolute atomic E-state index is 0.505. The highest BCUT2D eigenvalue weighted by molar-refractivity contribution is 5.22. The number of hydrogen-bond donors (Lipinski definition) is 1. The van der Waals surface area contributed by atoms with Crippen molar-refractivity contribution in [3.8, 4) is 0 Å². The number of aromatic nitrogens is 2. The molecule has 0 saturated heterocycles. The fourth-order valence-corrected chi connectivity index (χ4v) is 1.97. The van der Waals surface area contributed by atoms with Crippen LogP contribution < -0.4 is 5.32 Å². The Morgan fingerprint density at radius 1 is 1.11 bits per heavy atom. The van der Waals surface area contributed by atoms with Crippen molar-refractivity contribution in [2.75, 3.05) is 0 Å². The molecule has 0 radical (unpaired) electrons. The van der Waals surface area contributed by atoms with Crippen LogP contribution in [0.15, 0.2) is 36.7 Å². The summed E-state index contributed by atoms with van der Waals surface area (Å²) in [5.74, 6) is 0. The van der Waals surface area contributed by atoms with E-state index in [0.717, 1.165) is 19.5 Å². The predicted molar refractivity (Wildman–Crippen MR) is 79.1 cm³/mol. The molecule has 1 heterocycles. The van der Waals surface area contributed by atoms with Gasteiger partial charge in [0.2, 0.25) is 0 Å². The quantitative estimate of drug-likeness (QED) is 0.862. The van der Waals surface area contributed by atoms with Gasteiger partial charge in [-0.15, -0.1) is 0 Å². The van der Waals surface area contributed by atoms with E-state index in [1.165, 1.54) is 16.7 Å². The molecule has 19 heavy (non-hydrogen) atoms. The molecule has 0 fully saturated rings. The lowest BCUT2D eigenvalue weighted by Gasteiger charge is -2.05. The molecule has 3 heteroatoms. The summed E-state index contributed by atoms with van der Waals surface area (Å²) in [6.45, 7) is 8.20. The van der Waals surface area contributed by atoms with Crippen molar-refractivity contribution in [2.45, 2.75) is 46.3 Å². The third-order valence-electron chi connectivity index (χ3n) is 3.18. The summed E-state index contributed by atoms with van der Waals surface area (Å²) in [5, 5.41) is 7.81. The van der Waals surface area contributed by atoms with Crippen molar-refractivity contribution in [2.24, 2.45) is 0 Å². The molecule has 1 N–H and O–H groups in total. The SMILES string of the molecule is CCc1ccc(Cn2cc(CNC(C)C)cn2)cc1. The van der Waals surface area contributed by atoms with Crippen LogP contribution in [-0.4, -0.2) is 15.8 Å². The second-order valence-electron chi connectivity index (χ2n) is 5.25. The second-order valence-corrected chi connectivity index (χ2v) is 5.25. The Balaban J connectivity index is 1.95. The van der Waals surface area contributed by atoms with Gasteiger partial charge in [0.1, 0.15) is 0 Å². The highest BCUT2D eigenvalue weighted by atomic mass is 15.3. The molecule has 0 saturated carbocycles. The summed E-state index contributed by atoms with van der Waals surface area (Å²) < 4.78 is 2.00. The summed E-state index contributed by atoms with van der Waals surface area (Å²) >= 11 is 0. The van der Waals surface area contributed by atoms with Crippen LogP contribution in [0.5, 0.6) is 0 Å². The topological polar surface area (TPSA) is 29.9 Å². The first-order valence-corrected chi connectivity index (χ1v) is 7.00. The van der Waals surface area contributed by atoms with Gasteiger partial charge in [-0.25, -0.2) is 0 Å². The number of aryl methyl sites for hydroxylation is 1. The molecule has 0 spiro atoms. The Morgan fingerprint density at radius 2 is 1.79 bits per heavy atom. The van der Waals surface area contributed by atoms with Crippen molar-refractivity contribution in [1.29, 1.82) is 0 Å². The lowest BCUT2D eigenvalue weighted by Crippen LogP contribution is -2.21. The van der Waals surface area contributed by atoms with Gasteiger partial charge in [-0.3, -0.25) is 4.68 Å². The molecule has 2 aromatic rings. The summed E-state index contributed by atoms with van der Waals surface area (Å²) in [6, 6.07) is 9.27. The van der Waals surface area contributed by atoms with E-state index in [9.17, 15) is 0 Å². The molecular formula is C16H23N3. The van der Waals surface area contributed by atoms with Crippen LogP contribution in [0.2, 0.25) is 0 Å². The van der Waals surface area contributed by atoms with Crippen LogP contribution in [-0.2, 0) is 19.5 Å². The Morgan fingerprint density at radius 3 is 2.42 bits per heavy atom. The normalized spacial score (nSPS) is 11.2. The maximum absolute atomic E-state index is 4.41.